The van der Waals surface area contributed by atoms with Gasteiger partial charge in [0.15, 0.2) is 0 Å². The van der Waals surface area contributed by atoms with Crippen molar-refractivity contribution < 1.29 is 9.90 Å². The van der Waals surface area contributed by atoms with Crippen molar-refractivity contribution in [2.24, 2.45) is 0 Å². The predicted octanol–water partition coefficient (Wildman–Crippen LogP) is 0.0954. The molecule has 0 aromatic heterocycles. The molecule has 0 spiro atoms. The van der Waals surface area contributed by atoms with Gasteiger partial charge in [-0.05, 0) is 20.9 Å². The highest BCUT2D eigenvalue weighted by Crippen LogP contribution is 2.11. The summed E-state index contributed by atoms with van der Waals surface area (Å²) in [5.41, 5.74) is 0. The van der Waals surface area contributed by atoms with E-state index in [-0.39, 0.29) is 6.04 Å². The second-order valence-electron chi connectivity index (χ2n) is 3.86. The van der Waals surface area contributed by atoms with E-state index in [1.54, 1.807) is 6.92 Å². The number of hydrogen-bond acceptors (Lipinski definition) is 3. The number of piperazine rings is 1. The van der Waals surface area contributed by atoms with E-state index in [1.807, 2.05) is 4.90 Å². The molecule has 2 atom stereocenters. The summed E-state index contributed by atoms with van der Waals surface area (Å²) >= 11 is 0. The van der Waals surface area contributed by atoms with E-state index >= 15 is 0 Å². The van der Waals surface area contributed by atoms with Gasteiger partial charge in [-0.2, -0.15) is 0 Å². The van der Waals surface area contributed by atoms with Gasteiger partial charge in [-0.1, -0.05) is 0 Å². The Hall–Kier alpha value is -0.610. The smallest absolute Gasteiger partial charge is 0.320 e. The van der Waals surface area contributed by atoms with Gasteiger partial charge in [0.25, 0.3) is 0 Å². The fourth-order valence-corrected chi connectivity index (χ4v) is 1.87. The van der Waals surface area contributed by atoms with Crippen LogP contribution in [-0.4, -0.2) is 59.6 Å². The second-order valence-corrected chi connectivity index (χ2v) is 3.86. The molecule has 1 rings (SSSR count). The lowest BCUT2D eigenvalue weighted by molar-refractivity contribution is -0.144. The number of carbonyl (C=O) groups is 1. The summed E-state index contributed by atoms with van der Waals surface area (Å²) in [6.07, 6.45) is 0. The molecule has 1 N–H and O–H groups in total. The zero-order valence-electron chi connectivity index (χ0n) is 8.53. The Kier molecular flexibility index (Phi) is 3.27. The minimum absolute atomic E-state index is 0.338. The monoisotopic (exact) mass is 186 g/mol. The number of carboxylic acids is 1. The van der Waals surface area contributed by atoms with Crippen molar-refractivity contribution in [3.8, 4) is 0 Å². The largest absolute Gasteiger partial charge is 0.480 e. The van der Waals surface area contributed by atoms with Crippen molar-refractivity contribution in [1.29, 1.82) is 0 Å². The number of rotatable bonds is 2. The number of carboxylic acid groups (broad SMARTS) is 1. The molecule has 1 saturated heterocycles. The van der Waals surface area contributed by atoms with E-state index in [1.165, 1.54) is 0 Å². The highest BCUT2D eigenvalue weighted by molar-refractivity contribution is 5.72. The maximum atomic E-state index is 10.8. The van der Waals surface area contributed by atoms with Gasteiger partial charge in [-0.3, -0.25) is 9.69 Å². The average Bonchev–Trinajstić information content (AvgIpc) is 2.03. The van der Waals surface area contributed by atoms with Crippen LogP contribution in [0.3, 0.4) is 0 Å². The van der Waals surface area contributed by atoms with E-state index in [4.69, 9.17) is 5.11 Å². The first kappa shape index (κ1) is 10.5. The molecule has 1 fully saturated rings. The zero-order valence-corrected chi connectivity index (χ0v) is 8.53. The highest BCUT2D eigenvalue weighted by Gasteiger charge is 2.28. The van der Waals surface area contributed by atoms with Crippen LogP contribution in [-0.2, 0) is 4.79 Å². The van der Waals surface area contributed by atoms with Gasteiger partial charge in [-0.15, -0.1) is 0 Å². The van der Waals surface area contributed by atoms with Crippen LogP contribution >= 0.6 is 0 Å². The summed E-state index contributed by atoms with van der Waals surface area (Å²) in [7, 11) is 2.07. The number of aliphatic carboxylic acids is 1. The van der Waals surface area contributed by atoms with Gasteiger partial charge >= 0.3 is 5.97 Å². The SMILES string of the molecule is CC(C(=O)O)N1CCN(C)C[C@H]1C. The molecule has 0 amide bonds. The minimum Gasteiger partial charge on any atom is -0.480 e. The van der Waals surface area contributed by atoms with Crippen molar-refractivity contribution in [3.63, 3.8) is 0 Å². The molecule has 0 aliphatic carbocycles. The van der Waals surface area contributed by atoms with Crippen molar-refractivity contribution in [3.05, 3.63) is 0 Å². The molecule has 0 bridgehead atoms. The van der Waals surface area contributed by atoms with Crippen LogP contribution in [0.25, 0.3) is 0 Å². The fraction of sp³-hybridized carbons (Fsp3) is 0.889. The molecule has 0 aromatic rings. The minimum atomic E-state index is -0.726. The Balaban J connectivity index is 2.55. The zero-order chi connectivity index (χ0) is 10.0. The highest BCUT2D eigenvalue weighted by atomic mass is 16.4. The Bertz CT molecular complexity index is 196. The molecule has 1 aliphatic heterocycles. The number of hydrogen-bond donors (Lipinski definition) is 1. The van der Waals surface area contributed by atoms with Crippen LogP contribution in [0.2, 0.25) is 0 Å². The first-order valence-electron chi connectivity index (χ1n) is 4.69. The Morgan fingerprint density at radius 1 is 1.54 bits per heavy atom. The quantitative estimate of drug-likeness (QED) is 0.664. The molecule has 1 aliphatic rings. The molecule has 1 heterocycles. The first-order chi connectivity index (χ1) is 6.02. The lowest BCUT2D eigenvalue weighted by Crippen LogP contribution is -2.55. The molecule has 1 unspecified atom stereocenters. The van der Waals surface area contributed by atoms with Crippen molar-refractivity contribution in [1.82, 2.24) is 9.80 Å². The molecule has 4 nitrogen and oxygen atoms in total. The first-order valence-corrected chi connectivity index (χ1v) is 4.69. The average molecular weight is 186 g/mol. The van der Waals surface area contributed by atoms with Gasteiger partial charge < -0.3 is 10.0 Å². The second kappa shape index (κ2) is 4.07. The lowest BCUT2D eigenvalue weighted by atomic mass is 10.1. The standard InChI is InChI=1S/C9H18N2O2/c1-7-6-10(3)4-5-11(7)8(2)9(12)13/h7-8H,4-6H2,1-3H3,(H,12,13)/t7-,8?/m1/s1. The summed E-state index contributed by atoms with van der Waals surface area (Å²) in [6.45, 7) is 6.60. The predicted molar refractivity (Wildman–Crippen MR) is 50.8 cm³/mol. The normalized spacial score (nSPS) is 28.7. The number of likely N-dealkylation sites (N-methyl/N-ethyl adjacent to an activating group) is 1. The molecule has 13 heavy (non-hydrogen) atoms. The molecule has 0 aromatic carbocycles. The Morgan fingerprint density at radius 3 is 2.62 bits per heavy atom. The van der Waals surface area contributed by atoms with Crippen molar-refractivity contribution in [2.45, 2.75) is 25.9 Å². The van der Waals surface area contributed by atoms with Crippen LogP contribution in [0.5, 0.6) is 0 Å². The Morgan fingerprint density at radius 2 is 2.15 bits per heavy atom. The topological polar surface area (TPSA) is 43.8 Å². The van der Waals surface area contributed by atoms with Gasteiger partial charge in [0.2, 0.25) is 0 Å². The molecule has 4 heteroatoms. The van der Waals surface area contributed by atoms with E-state index in [0.717, 1.165) is 19.6 Å². The van der Waals surface area contributed by atoms with E-state index in [0.29, 0.717) is 6.04 Å². The maximum Gasteiger partial charge on any atom is 0.320 e. The van der Waals surface area contributed by atoms with Crippen LogP contribution in [0.15, 0.2) is 0 Å². The third-order valence-corrected chi connectivity index (χ3v) is 2.74. The summed E-state index contributed by atoms with van der Waals surface area (Å²) < 4.78 is 0. The molecular weight excluding hydrogens is 168 g/mol. The van der Waals surface area contributed by atoms with Gasteiger partial charge in [0.05, 0.1) is 0 Å². The van der Waals surface area contributed by atoms with Gasteiger partial charge in [0.1, 0.15) is 6.04 Å². The van der Waals surface area contributed by atoms with Crippen LogP contribution in [0.4, 0.5) is 0 Å². The number of nitrogens with zero attached hydrogens (tertiary/aromatic N) is 2. The third kappa shape index (κ3) is 2.42. The summed E-state index contributed by atoms with van der Waals surface area (Å²) in [5, 5.41) is 8.86. The van der Waals surface area contributed by atoms with Crippen LogP contribution in [0, 0.1) is 0 Å². The van der Waals surface area contributed by atoms with Crippen LogP contribution < -0.4 is 0 Å². The van der Waals surface area contributed by atoms with E-state index < -0.39 is 5.97 Å². The summed E-state index contributed by atoms with van der Waals surface area (Å²) in [6, 6.07) is -0.0199. The molecule has 76 valence electrons. The fourth-order valence-electron chi connectivity index (χ4n) is 1.87. The van der Waals surface area contributed by atoms with Gasteiger partial charge in [-0.25, -0.2) is 0 Å². The van der Waals surface area contributed by atoms with E-state index in [2.05, 4.69) is 18.9 Å². The van der Waals surface area contributed by atoms with Crippen LogP contribution in [0.1, 0.15) is 13.8 Å². The lowest BCUT2D eigenvalue weighted by Gasteiger charge is -2.40. The Labute approximate surface area is 79.1 Å². The summed E-state index contributed by atoms with van der Waals surface area (Å²) in [4.78, 5) is 15.0. The molecule has 0 saturated carbocycles. The van der Waals surface area contributed by atoms with Crippen molar-refractivity contribution >= 4 is 5.97 Å². The van der Waals surface area contributed by atoms with Crippen molar-refractivity contribution in [2.75, 3.05) is 26.7 Å². The molecule has 0 radical (unpaired) electrons. The summed E-state index contributed by atoms with van der Waals surface area (Å²) in [5.74, 6) is -0.726. The third-order valence-electron chi connectivity index (χ3n) is 2.74. The van der Waals surface area contributed by atoms with E-state index in [9.17, 15) is 4.79 Å². The molecular formula is C9H18N2O2. The van der Waals surface area contributed by atoms with Gasteiger partial charge in [0, 0.05) is 25.7 Å². The maximum absolute atomic E-state index is 10.8.